The van der Waals surface area contributed by atoms with Gasteiger partial charge in [0, 0.05) is 5.92 Å². The second-order valence-electron chi connectivity index (χ2n) is 3.06. The van der Waals surface area contributed by atoms with Crippen LogP contribution in [0.4, 0.5) is 4.39 Å². The smallest absolute Gasteiger partial charge is 0.264 e. The van der Waals surface area contributed by atoms with Crippen molar-refractivity contribution in [2.75, 3.05) is 0 Å². The Morgan fingerprint density at radius 1 is 1.46 bits per heavy atom. The van der Waals surface area contributed by atoms with E-state index in [4.69, 9.17) is 0 Å². The van der Waals surface area contributed by atoms with Gasteiger partial charge in [-0.2, -0.15) is 0 Å². The fourth-order valence-corrected chi connectivity index (χ4v) is 1.48. The van der Waals surface area contributed by atoms with E-state index in [1.165, 1.54) is 0 Å². The molecule has 66 valence electrons. The van der Waals surface area contributed by atoms with Crippen molar-refractivity contribution < 1.29 is 9.18 Å². The molecule has 13 heavy (non-hydrogen) atoms. The lowest BCUT2D eigenvalue weighted by atomic mass is 9.89. The monoisotopic (exact) mass is 177 g/mol. The van der Waals surface area contributed by atoms with Crippen LogP contribution in [0.2, 0.25) is 0 Å². The van der Waals surface area contributed by atoms with Crippen LogP contribution in [0.5, 0.6) is 0 Å². The van der Waals surface area contributed by atoms with Gasteiger partial charge in [-0.05, 0) is 18.6 Å². The second-order valence-corrected chi connectivity index (χ2v) is 3.06. The van der Waals surface area contributed by atoms with Crippen LogP contribution in [0.15, 0.2) is 40.7 Å². The van der Waals surface area contributed by atoms with Crippen LogP contribution in [0.25, 0.3) is 0 Å². The van der Waals surface area contributed by atoms with E-state index in [0.29, 0.717) is 11.3 Å². The number of rotatable bonds is 0. The summed E-state index contributed by atoms with van der Waals surface area (Å²) < 4.78 is 13.1. The highest BCUT2D eigenvalue weighted by Crippen LogP contribution is 2.27. The van der Waals surface area contributed by atoms with E-state index in [1.807, 2.05) is 12.2 Å². The van der Waals surface area contributed by atoms with Crippen LogP contribution in [-0.2, 0) is 4.79 Å². The van der Waals surface area contributed by atoms with Gasteiger partial charge in [-0.3, -0.25) is 4.79 Å². The van der Waals surface area contributed by atoms with Crippen molar-refractivity contribution in [3.05, 3.63) is 35.7 Å². The molecule has 0 spiro atoms. The molecule has 0 saturated heterocycles. The Morgan fingerprint density at radius 3 is 3.00 bits per heavy atom. The van der Waals surface area contributed by atoms with Gasteiger partial charge >= 0.3 is 5.91 Å². The standard InChI is InChI=1S/C10H8FNO/c1-6-7-4-2-3-5-8(7)12-10(13)9(6)11/h2-5,7H,1H3. The zero-order valence-corrected chi connectivity index (χ0v) is 7.12. The van der Waals surface area contributed by atoms with Crippen molar-refractivity contribution in [3.8, 4) is 0 Å². The molecule has 0 saturated carbocycles. The van der Waals surface area contributed by atoms with E-state index < -0.39 is 11.7 Å². The van der Waals surface area contributed by atoms with Crippen molar-refractivity contribution >= 4 is 11.6 Å². The van der Waals surface area contributed by atoms with Crippen LogP contribution < -0.4 is 0 Å². The van der Waals surface area contributed by atoms with Crippen LogP contribution in [0.3, 0.4) is 0 Å². The molecule has 1 amide bonds. The Morgan fingerprint density at radius 2 is 2.23 bits per heavy atom. The van der Waals surface area contributed by atoms with Gasteiger partial charge < -0.3 is 0 Å². The van der Waals surface area contributed by atoms with Crippen molar-refractivity contribution in [3.63, 3.8) is 0 Å². The summed E-state index contributed by atoms with van der Waals surface area (Å²) in [6, 6.07) is 0. The molecular weight excluding hydrogens is 169 g/mol. The molecule has 2 rings (SSSR count). The largest absolute Gasteiger partial charge is 0.305 e. The molecule has 0 fully saturated rings. The predicted octanol–water partition coefficient (Wildman–Crippen LogP) is 1.95. The third kappa shape index (κ3) is 1.16. The zero-order chi connectivity index (χ0) is 9.42. The van der Waals surface area contributed by atoms with Crippen LogP contribution in [-0.4, -0.2) is 11.6 Å². The number of dihydropyridines is 1. The maximum atomic E-state index is 13.1. The molecule has 0 bridgehead atoms. The second kappa shape index (κ2) is 2.76. The number of aliphatic imine (C=N–C) groups is 1. The van der Waals surface area contributed by atoms with Crippen LogP contribution in [0.1, 0.15) is 6.92 Å². The number of halogens is 1. The Balaban J connectivity index is 2.50. The normalized spacial score (nSPS) is 26.2. The van der Waals surface area contributed by atoms with E-state index >= 15 is 0 Å². The molecule has 2 aliphatic rings. The lowest BCUT2D eigenvalue weighted by molar-refractivity contribution is -0.115. The first-order chi connectivity index (χ1) is 6.20. The number of carbonyl (C=O) groups excluding carboxylic acids is 1. The molecule has 0 aromatic rings. The lowest BCUT2D eigenvalue weighted by Gasteiger charge is -2.20. The minimum Gasteiger partial charge on any atom is -0.264 e. The molecule has 0 N–H and O–H groups in total. The molecule has 0 radical (unpaired) electrons. The minimum absolute atomic E-state index is 0.150. The maximum absolute atomic E-state index is 13.1. The summed E-state index contributed by atoms with van der Waals surface area (Å²) in [7, 11) is 0. The first kappa shape index (κ1) is 8.10. The Hall–Kier alpha value is -1.51. The van der Waals surface area contributed by atoms with Crippen molar-refractivity contribution in [1.29, 1.82) is 0 Å². The third-order valence-corrected chi connectivity index (χ3v) is 2.23. The van der Waals surface area contributed by atoms with E-state index in [2.05, 4.69) is 4.99 Å². The zero-order valence-electron chi connectivity index (χ0n) is 7.12. The number of fused-ring (bicyclic) bond motifs is 1. The summed E-state index contributed by atoms with van der Waals surface area (Å²) in [6.07, 6.45) is 7.19. The SMILES string of the molecule is CC1=C(F)C(=O)N=C2C=CC=CC21. The molecule has 2 nitrogen and oxygen atoms in total. The van der Waals surface area contributed by atoms with E-state index in [9.17, 15) is 9.18 Å². The van der Waals surface area contributed by atoms with Gasteiger partial charge in [0.2, 0.25) is 0 Å². The predicted molar refractivity (Wildman–Crippen MR) is 48.0 cm³/mol. The minimum atomic E-state index is -0.760. The summed E-state index contributed by atoms with van der Waals surface area (Å²) >= 11 is 0. The highest BCUT2D eigenvalue weighted by molar-refractivity contribution is 6.13. The highest BCUT2D eigenvalue weighted by Gasteiger charge is 2.27. The van der Waals surface area contributed by atoms with Gasteiger partial charge in [0.1, 0.15) is 0 Å². The fraction of sp³-hybridized carbons (Fsp3) is 0.200. The Labute approximate surface area is 75.2 Å². The van der Waals surface area contributed by atoms with Crippen molar-refractivity contribution in [1.82, 2.24) is 0 Å². The van der Waals surface area contributed by atoms with Crippen LogP contribution in [0, 0.1) is 5.92 Å². The molecule has 1 heterocycles. The van der Waals surface area contributed by atoms with E-state index in [0.717, 1.165) is 0 Å². The average molecular weight is 177 g/mol. The Kier molecular flexibility index (Phi) is 1.72. The highest BCUT2D eigenvalue weighted by atomic mass is 19.1. The summed E-state index contributed by atoms with van der Waals surface area (Å²) in [4.78, 5) is 14.6. The summed E-state index contributed by atoms with van der Waals surface area (Å²) in [5, 5.41) is 0. The summed E-state index contributed by atoms with van der Waals surface area (Å²) in [5.74, 6) is -1.62. The van der Waals surface area contributed by atoms with Crippen LogP contribution >= 0.6 is 0 Å². The molecule has 1 aliphatic heterocycles. The van der Waals surface area contributed by atoms with Gasteiger partial charge in [0.15, 0.2) is 5.83 Å². The number of hydrogen-bond donors (Lipinski definition) is 0. The molecule has 0 aromatic carbocycles. The molecule has 1 atom stereocenters. The quantitative estimate of drug-likeness (QED) is 0.556. The first-order valence-electron chi connectivity index (χ1n) is 4.04. The maximum Gasteiger partial charge on any atom is 0.305 e. The van der Waals surface area contributed by atoms with Crippen molar-refractivity contribution in [2.24, 2.45) is 10.9 Å². The summed E-state index contributed by atoms with van der Waals surface area (Å²) in [5.41, 5.74) is 1.09. The fourth-order valence-electron chi connectivity index (χ4n) is 1.48. The molecule has 1 aliphatic carbocycles. The topological polar surface area (TPSA) is 29.4 Å². The first-order valence-corrected chi connectivity index (χ1v) is 4.04. The molecule has 0 aromatic heterocycles. The number of allylic oxidation sites excluding steroid dienone is 5. The van der Waals surface area contributed by atoms with Gasteiger partial charge in [-0.25, -0.2) is 9.38 Å². The van der Waals surface area contributed by atoms with Gasteiger partial charge in [-0.1, -0.05) is 18.2 Å². The number of hydrogen-bond acceptors (Lipinski definition) is 1. The van der Waals surface area contributed by atoms with Gasteiger partial charge in [0.05, 0.1) is 5.71 Å². The number of nitrogens with zero attached hydrogens (tertiary/aromatic N) is 1. The van der Waals surface area contributed by atoms with E-state index in [1.54, 1.807) is 19.1 Å². The Bertz CT molecular complexity index is 386. The lowest BCUT2D eigenvalue weighted by Crippen LogP contribution is -2.22. The third-order valence-electron chi connectivity index (χ3n) is 2.23. The molecule has 3 heteroatoms. The number of amides is 1. The van der Waals surface area contributed by atoms with Gasteiger partial charge in [0.25, 0.3) is 0 Å². The molecule has 1 unspecified atom stereocenters. The van der Waals surface area contributed by atoms with E-state index in [-0.39, 0.29) is 5.92 Å². The average Bonchev–Trinajstić information content (AvgIpc) is 2.15. The number of carbonyl (C=O) groups is 1. The van der Waals surface area contributed by atoms with Crippen molar-refractivity contribution in [2.45, 2.75) is 6.92 Å². The molecular formula is C10H8FNO. The summed E-state index contributed by atoms with van der Waals surface area (Å²) in [6.45, 7) is 1.62. The van der Waals surface area contributed by atoms with Gasteiger partial charge in [-0.15, -0.1) is 0 Å².